The number of hydrogen-bond acceptors (Lipinski definition) is 5. The zero-order valence-electron chi connectivity index (χ0n) is 6.39. The number of fused-ring (bicyclic) bond motifs is 1. The van der Waals surface area contributed by atoms with Crippen molar-refractivity contribution in [3.8, 4) is 0 Å². The number of anilines is 1. The Morgan fingerprint density at radius 3 is 3.00 bits per heavy atom. The highest BCUT2D eigenvalue weighted by Gasteiger charge is 2.04. The van der Waals surface area contributed by atoms with Crippen LogP contribution < -0.4 is 5.73 Å². The van der Waals surface area contributed by atoms with Crippen molar-refractivity contribution in [1.29, 1.82) is 0 Å². The quantitative estimate of drug-likeness (QED) is 0.453. The van der Waals surface area contributed by atoms with Crippen LogP contribution in [0.3, 0.4) is 0 Å². The summed E-state index contributed by atoms with van der Waals surface area (Å²) in [6.07, 6.45) is 0. The largest absolute Gasteiger partial charge is 0.366 e. The summed E-state index contributed by atoms with van der Waals surface area (Å²) in [7, 11) is 0. The standard InChI is InChI=1S/C6H7N5S/c1-3-2-4(12)11-6(8-3)9-5(7)10-11/h2,12H,1H3,(H2,7,10). The van der Waals surface area contributed by atoms with E-state index < -0.39 is 0 Å². The molecule has 0 aliphatic rings. The summed E-state index contributed by atoms with van der Waals surface area (Å²) in [5.74, 6) is 0.695. The molecule has 0 amide bonds. The summed E-state index contributed by atoms with van der Waals surface area (Å²) < 4.78 is 1.49. The Morgan fingerprint density at radius 2 is 2.25 bits per heavy atom. The van der Waals surface area contributed by atoms with Gasteiger partial charge in [-0.25, -0.2) is 4.98 Å². The van der Waals surface area contributed by atoms with Crippen molar-refractivity contribution in [3.05, 3.63) is 11.8 Å². The number of rotatable bonds is 0. The zero-order valence-corrected chi connectivity index (χ0v) is 7.29. The lowest BCUT2D eigenvalue weighted by molar-refractivity contribution is 0.840. The molecule has 2 N–H and O–H groups in total. The number of nitrogens with zero attached hydrogens (tertiary/aromatic N) is 4. The van der Waals surface area contributed by atoms with Crippen molar-refractivity contribution in [2.75, 3.05) is 5.73 Å². The molecule has 0 aliphatic heterocycles. The highest BCUT2D eigenvalue weighted by atomic mass is 32.1. The molecular weight excluding hydrogens is 174 g/mol. The molecule has 6 heteroatoms. The maximum absolute atomic E-state index is 5.39. The van der Waals surface area contributed by atoms with Crippen molar-refractivity contribution in [2.24, 2.45) is 0 Å². The molecule has 0 spiro atoms. The highest BCUT2D eigenvalue weighted by molar-refractivity contribution is 7.80. The first kappa shape index (κ1) is 7.35. The minimum absolute atomic E-state index is 0.211. The van der Waals surface area contributed by atoms with Gasteiger partial charge in [0.1, 0.15) is 5.03 Å². The van der Waals surface area contributed by atoms with Crippen LogP contribution in [-0.4, -0.2) is 19.6 Å². The van der Waals surface area contributed by atoms with Crippen molar-refractivity contribution >= 4 is 24.4 Å². The molecule has 12 heavy (non-hydrogen) atoms. The van der Waals surface area contributed by atoms with E-state index in [4.69, 9.17) is 5.73 Å². The van der Waals surface area contributed by atoms with Crippen LogP contribution >= 0.6 is 12.6 Å². The average Bonchev–Trinajstić information content (AvgIpc) is 2.29. The molecule has 0 saturated heterocycles. The summed E-state index contributed by atoms with van der Waals surface area (Å²) in [4.78, 5) is 8.02. The minimum Gasteiger partial charge on any atom is -0.366 e. The first-order valence-corrected chi connectivity index (χ1v) is 3.80. The van der Waals surface area contributed by atoms with Crippen LogP contribution in [0.15, 0.2) is 11.1 Å². The molecule has 0 aliphatic carbocycles. The van der Waals surface area contributed by atoms with Crippen molar-refractivity contribution in [1.82, 2.24) is 19.6 Å². The Balaban J connectivity index is 2.88. The lowest BCUT2D eigenvalue weighted by Crippen LogP contribution is -1.95. The molecule has 0 radical (unpaired) electrons. The van der Waals surface area contributed by atoms with Gasteiger partial charge in [0.2, 0.25) is 5.95 Å². The van der Waals surface area contributed by atoms with Crippen LogP contribution in [-0.2, 0) is 0 Å². The second-order valence-electron chi connectivity index (χ2n) is 2.44. The van der Waals surface area contributed by atoms with Crippen molar-refractivity contribution in [2.45, 2.75) is 11.9 Å². The molecular formula is C6H7N5S. The second kappa shape index (κ2) is 2.34. The topological polar surface area (TPSA) is 69.1 Å². The molecule has 2 heterocycles. The van der Waals surface area contributed by atoms with Crippen molar-refractivity contribution in [3.63, 3.8) is 0 Å². The maximum Gasteiger partial charge on any atom is 0.255 e. The van der Waals surface area contributed by atoms with Gasteiger partial charge in [0.15, 0.2) is 0 Å². The van der Waals surface area contributed by atoms with Gasteiger partial charge in [0, 0.05) is 5.69 Å². The maximum atomic E-state index is 5.39. The van der Waals surface area contributed by atoms with Crippen LogP contribution in [0.1, 0.15) is 5.69 Å². The number of nitrogen functional groups attached to an aromatic ring is 1. The van der Waals surface area contributed by atoms with Gasteiger partial charge >= 0.3 is 0 Å². The lowest BCUT2D eigenvalue weighted by Gasteiger charge is -1.96. The molecule has 0 fully saturated rings. The summed E-state index contributed by atoms with van der Waals surface area (Å²) in [6, 6.07) is 1.80. The highest BCUT2D eigenvalue weighted by Crippen LogP contribution is 2.09. The van der Waals surface area contributed by atoms with Gasteiger partial charge in [0.25, 0.3) is 5.78 Å². The average molecular weight is 181 g/mol. The monoisotopic (exact) mass is 181 g/mol. The number of nitrogens with two attached hydrogens (primary N) is 1. The molecule has 2 aromatic heterocycles. The molecule has 62 valence electrons. The Labute approximate surface area is 74.0 Å². The van der Waals surface area contributed by atoms with Crippen LogP contribution in [0.5, 0.6) is 0 Å². The van der Waals surface area contributed by atoms with Crippen LogP contribution in [0.2, 0.25) is 0 Å². The molecule has 0 aromatic carbocycles. The van der Waals surface area contributed by atoms with Gasteiger partial charge in [-0.05, 0) is 13.0 Å². The molecule has 5 nitrogen and oxygen atoms in total. The predicted octanol–water partition coefficient (Wildman–Crippen LogP) is 0.304. The van der Waals surface area contributed by atoms with E-state index in [1.54, 1.807) is 6.07 Å². The van der Waals surface area contributed by atoms with Crippen LogP contribution in [0, 0.1) is 6.92 Å². The number of hydrogen-bond donors (Lipinski definition) is 2. The lowest BCUT2D eigenvalue weighted by atomic mass is 10.5. The first-order valence-electron chi connectivity index (χ1n) is 3.35. The fourth-order valence-corrected chi connectivity index (χ4v) is 1.30. The van der Waals surface area contributed by atoms with E-state index >= 15 is 0 Å². The molecule has 0 bridgehead atoms. The summed E-state index contributed by atoms with van der Waals surface area (Å²) in [5, 5.41) is 4.58. The van der Waals surface area contributed by atoms with Gasteiger partial charge in [0.05, 0.1) is 0 Å². The normalized spacial score (nSPS) is 10.8. The Kier molecular flexibility index (Phi) is 1.44. The zero-order chi connectivity index (χ0) is 8.72. The second-order valence-corrected chi connectivity index (χ2v) is 2.90. The van der Waals surface area contributed by atoms with E-state index in [1.807, 2.05) is 6.92 Å². The molecule has 2 aromatic rings. The van der Waals surface area contributed by atoms with Gasteiger partial charge in [-0.3, -0.25) is 0 Å². The molecule has 0 unspecified atom stereocenters. The Morgan fingerprint density at radius 1 is 1.50 bits per heavy atom. The van der Waals surface area contributed by atoms with Crippen LogP contribution in [0.25, 0.3) is 5.78 Å². The van der Waals surface area contributed by atoms with E-state index in [-0.39, 0.29) is 5.95 Å². The third kappa shape index (κ3) is 1.00. The van der Waals surface area contributed by atoms with E-state index in [0.717, 1.165) is 5.69 Å². The predicted molar refractivity (Wildman–Crippen MR) is 47.2 cm³/mol. The van der Waals surface area contributed by atoms with Gasteiger partial charge < -0.3 is 5.73 Å². The van der Waals surface area contributed by atoms with E-state index in [0.29, 0.717) is 10.8 Å². The third-order valence-electron chi connectivity index (χ3n) is 1.44. The number of aryl methyl sites for hydroxylation is 1. The summed E-state index contributed by atoms with van der Waals surface area (Å²) >= 11 is 4.20. The Bertz CT molecular complexity index is 435. The van der Waals surface area contributed by atoms with E-state index in [1.165, 1.54) is 4.52 Å². The molecule has 2 rings (SSSR count). The number of aromatic nitrogens is 4. The summed E-state index contributed by atoms with van der Waals surface area (Å²) in [5.41, 5.74) is 6.24. The SMILES string of the molecule is Cc1cc(S)n2nc(N)nc2n1. The summed E-state index contributed by atoms with van der Waals surface area (Å²) in [6.45, 7) is 1.87. The fraction of sp³-hybridized carbons (Fsp3) is 0.167. The van der Waals surface area contributed by atoms with Gasteiger partial charge in [-0.15, -0.1) is 17.7 Å². The smallest absolute Gasteiger partial charge is 0.255 e. The van der Waals surface area contributed by atoms with Crippen LogP contribution in [0.4, 0.5) is 5.95 Å². The molecule has 0 saturated carbocycles. The number of thiol groups is 1. The van der Waals surface area contributed by atoms with Gasteiger partial charge in [-0.1, -0.05) is 0 Å². The fourth-order valence-electron chi connectivity index (χ4n) is 0.983. The Hall–Kier alpha value is -1.30. The van der Waals surface area contributed by atoms with Crippen molar-refractivity contribution < 1.29 is 0 Å². The van der Waals surface area contributed by atoms with Gasteiger partial charge in [-0.2, -0.15) is 9.50 Å². The third-order valence-corrected chi connectivity index (χ3v) is 1.76. The van der Waals surface area contributed by atoms with E-state index in [2.05, 4.69) is 27.7 Å². The first-order chi connectivity index (χ1) is 5.66. The minimum atomic E-state index is 0.211. The van der Waals surface area contributed by atoms with E-state index in [9.17, 15) is 0 Å². The molecule has 0 atom stereocenters.